The fourth-order valence-electron chi connectivity index (χ4n) is 3.36. The Morgan fingerprint density at radius 3 is 2.86 bits per heavy atom. The molecule has 2 fully saturated rings. The van der Waals surface area contributed by atoms with Crippen LogP contribution in [-0.2, 0) is 11.8 Å². The van der Waals surface area contributed by atoms with Gasteiger partial charge in [-0.1, -0.05) is 0 Å². The van der Waals surface area contributed by atoms with Gasteiger partial charge in [-0.15, -0.1) is 12.4 Å². The van der Waals surface area contributed by atoms with Crippen molar-refractivity contribution in [1.29, 1.82) is 0 Å². The predicted octanol–water partition coefficient (Wildman–Crippen LogP) is 1.50. The Balaban J connectivity index is 0.00000176. The van der Waals surface area contributed by atoms with Crippen molar-refractivity contribution in [1.82, 2.24) is 20.0 Å². The first-order valence-electron chi connectivity index (χ1n) is 7.58. The zero-order valence-electron chi connectivity index (χ0n) is 13.4. The van der Waals surface area contributed by atoms with Crippen molar-refractivity contribution in [3.05, 3.63) is 18.0 Å². The molecule has 7 heteroatoms. The van der Waals surface area contributed by atoms with E-state index in [4.69, 9.17) is 0 Å². The highest BCUT2D eigenvalue weighted by Crippen LogP contribution is 2.33. The van der Waals surface area contributed by atoms with Crippen LogP contribution in [0.2, 0.25) is 0 Å². The summed E-state index contributed by atoms with van der Waals surface area (Å²) < 4.78 is 1.99. The van der Waals surface area contributed by atoms with Gasteiger partial charge in [-0.3, -0.25) is 9.48 Å². The van der Waals surface area contributed by atoms with Crippen molar-refractivity contribution in [2.45, 2.75) is 24.5 Å². The highest BCUT2D eigenvalue weighted by atomic mass is 35.5. The molecule has 5 nitrogen and oxygen atoms in total. The molecule has 1 aromatic heterocycles. The molecule has 2 aliphatic heterocycles. The van der Waals surface area contributed by atoms with Gasteiger partial charge in [-0.05, 0) is 19.4 Å². The second-order valence-corrected chi connectivity index (χ2v) is 8.49. The number of nitrogens with one attached hydrogen (secondary N) is 1. The zero-order valence-corrected chi connectivity index (χ0v) is 15.0. The summed E-state index contributed by atoms with van der Waals surface area (Å²) in [5.41, 5.74) is 1.17. The SMILES string of the molecule is Cl.Cn1cc([C@H]2CNC[C@@H]2C(=O)N2CCSC(C)(C)C2)cn1. The first-order chi connectivity index (χ1) is 9.96. The number of aryl methyl sites for hydroxylation is 1. The van der Waals surface area contributed by atoms with E-state index in [9.17, 15) is 4.79 Å². The largest absolute Gasteiger partial charge is 0.340 e. The Morgan fingerprint density at radius 2 is 2.23 bits per heavy atom. The Labute approximate surface area is 142 Å². The average Bonchev–Trinajstić information content (AvgIpc) is 3.04. The van der Waals surface area contributed by atoms with Crippen molar-refractivity contribution in [2.75, 3.05) is 31.9 Å². The van der Waals surface area contributed by atoms with Crippen LogP contribution in [0.5, 0.6) is 0 Å². The van der Waals surface area contributed by atoms with E-state index in [0.717, 1.165) is 31.9 Å². The molecule has 2 aliphatic rings. The number of hydrogen-bond acceptors (Lipinski definition) is 4. The van der Waals surface area contributed by atoms with Crippen LogP contribution in [0.15, 0.2) is 12.4 Å². The minimum Gasteiger partial charge on any atom is -0.340 e. The number of carbonyl (C=O) groups excluding carboxylic acids is 1. The molecule has 1 N–H and O–H groups in total. The summed E-state index contributed by atoms with van der Waals surface area (Å²) in [5.74, 6) is 1.65. The third kappa shape index (κ3) is 3.60. The molecule has 22 heavy (non-hydrogen) atoms. The average molecular weight is 345 g/mol. The number of carbonyl (C=O) groups is 1. The molecule has 3 heterocycles. The molecule has 1 aromatic rings. The highest BCUT2D eigenvalue weighted by Gasteiger charge is 2.39. The lowest BCUT2D eigenvalue weighted by atomic mass is 9.89. The maximum absolute atomic E-state index is 12.9. The maximum Gasteiger partial charge on any atom is 0.227 e. The standard InChI is InChI=1S/C15H24N4OS.ClH/c1-15(2)10-19(4-5-21-15)14(20)13-8-16-7-12(13)11-6-17-18(3)9-11;/h6,9,12-13,16H,4-5,7-8,10H2,1-3H3;1H/t12-,13+;/m1./s1. The zero-order chi connectivity index (χ0) is 15.0. The second kappa shape index (κ2) is 6.81. The monoisotopic (exact) mass is 344 g/mol. The van der Waals surface area contributed by atoms with Crippen LogP contribution in [0.25, 0.3) is 0 Å². The van der Waals surface area contributed by atoms with Crippen molar-refractivity contribution in [3.63, 3.8) is 0 Å². The first kappa shape index (κ1) is 17.6. The third-order valence-corrected chi connectivity index (χ3v) is 5.72. The number of halogens is 1. The van der Waals surface area contributed by atoms with Crippen molar-refractivity contribution in [3.8, 4) is 0 Å². The Kier molecular flexibility index (Phi) is 5.45. The summed E-state index contributed by atoms with van der Waals surface area (Å²) in [7, 11) is 1.92. The lowest BCUT2D eigenvalue weighted by Crippen LogP contribution is -2.49. The molecular weight excluding hydrogens is 320 g/mol. The summed E-state index contributed by atoms with van der Waals surface area (Å²) in [6.07, 6.45) is 3.93. The third-order valence-electron chi connectivity index (χ3n) is 4.42. The number of amides is 1. The molecule has 124 valence electrons. The van der Waals surface area contributed by atoms with Gasteiger partial charge < -0.3 is 10.2 Å². The van der Waals surface area contributed by atoms with Crippen LogP contribution in [-0.4, -0.2) is 57.3 Å². The van der Waals surface area contributed by atoms with Crippen LogP contribution in [0, 0.1) is 5.92 Å². The van der Waals surface area contributed by atoms with E-state index in [1.54, 1.807) is 0 Å². The Hall–Kier alpha value is -0.720. The van der Waals surface area contributed by atoms with Crippen LogP contribution in [0.1, 0.15) is 25.3 Å². The molecular formula is C15H25ClN4OS. The van der Waals surface area contributed by atoms with Gasteiger partial charge in [0, 0.05) is 55.8 Å². The normalized spacial score (nSPS) is 27.5. The van der Waals surface area contributed by atoms with Crippen LogP contribution >= 0.6 is 24.2 Å². The number of aromatic nitrogens is 2. The second-order valence-electron chi connectivity index (χ2n) is 6.69. The minimum absolute atomic E-state index is 0. The van der Waals surface area contributed by atoms with Gasteiger partial charge in [0.25, 0.3) is 0 Å². The summed E-state index contributed by atoms with van der Waals surface area (Å²) in [4.78, 5) is 15.0. The molecule has 2 saturated heterocycles. The Bertz CT molecular complexity index is 533. The van der Waals surface area contributed by atoms with E-state index in [1.807, 2.05) is 35.9 Å². The molecule has 0 saturated carbocycles. The van der Waals surface area contributed by atoms with E-state index in [0.29, 0.717) is 5.91 Å². The van der Waals surface area contributed by atoms with Gasteiger partial charge in [0.15, 0.2) is 0 Å². The number of hydrogen-bond donors (Lipinski definition) is 1. The summed E-state index contributed by atoms with van der Waals surface area (Å²) in [5, 5.41) is 7.63. The van der Waals surface area contributed by atoms with Crippen molar-refractivity contribution < 1.29 is 4.79 Å². The van der Waals surface area contributed by atoms with Gasteiger partial charge in [-0.2, -0.15) is 16.9 Å². The molecule has 2 atom stereocenters. The topological polar surface area (TPSA) is 50.2 Å². The molecule has 0 aliphatic carbocycles. The van der Waals surface area contributed by atoms with Crippen molar-refractivity contribution in [2.24, 2.45) is 13.0 Å². The molecule has 0 bridgehead atoms. The van der Waals surface area contributed by atoms with Gasteiger partial charge in [0.1, 0.15) is 0 Å². The van der Waals surface area contributed by atoms with E-state index >= 15 is 0 Å². The lowest BCUT2D eigenvalue weighted by molar-refractivity contribution is -0.135. The predicted molar refractivity (Wildman–Crippen MR) is 92.7 cm³/mol. The smallest absolute Gasteiger partial charge is 0.227 e. The molecule has 0 aromatic carbocycles. The van der Waals surface area contributed by atoms with Crippen LogP contribution in [0.3, 0.4) is 0 Å². The molecule has 0 unspecified atom stereocenters. The molecule has 3 rings (SSSR count). The highest BCUT2D eigenvalue weighted by molar-refractivity contribution is 8.00. The summed E-state index contributed by atoms with van der Waals surface area (Å²) in [6, 6.07) is 0. The fraction of sp³-hybridized carbons (Fsp3) is 0.733. The molecule has 0 radical (unpaired) electrons. The van der Waals surface area contributed by atoms with Gasteiger partial charge in [-0.25, -0.2) is 0 Å². The van der Waals surface area contributed by atoms with Gasteiger partial charge in [0.05, 0.1) is 12.1 Å². The molecule has 1 amide bonds. The summed E-state index contributed by atoms with van der Waals surface area (Å²) >= 11 is 1.96. The van der Waals surface area contributed by atoms with E-state index in [-0.39, 0.29) is 29.0 Å². The molecule has 0 spiro atoms. The lowest BCUT2D eigenvalue weighted by Gasteiger charge is -2.39. The van der Waals surface area contributed by atoms with Gasteiger partial charge >= 0.3 is 0 Å². The first-order valence-corrected chi connectivity index (χ1v) is 8.57. The quantitative estimate of drug-likeness (QED) is 0.883. The van der Waals surface area contributed by atoms with E-state index in [2.05, 4.69) is 29.2 Å². The van der Waals surface area contributed by atoms with Crippen molar-refractivity contribution >= 4 is 30.1 Å². The fourth-order valence-corrected chi connectivity index (χ4v) is 4.47. The van der Waals surface area contributed by atoms with Gasteiger partial charge in [0.2, 0.25) is 5.91 Å². The van der Waals surface area contributed by atoms with E-state index in [1.165, 1.54) is 5.56 Å². The number of rotatable bonds is 2. The van der Waals surface area contributed by atoms with E-state index < -0.39 is 0 Å². The summed E-state index contributed by atoms with van der Waals surface area (Å²) in [6.45, 7) is 7.83. The maximum atomic E-state index is 12.9. The Morgan fingerprint density at radius 1 is 1.45 bits per heavy atom. The minimum atomic E-state index is 0. The van der Waals surface area contributed by atoms with Crippen LogP contribution < -0.4 is 5.32 Å². The van der Waals surface area contributed by atoms with Crippen LogP contribution in [0.4, 0.5) is 0 Å². The number of thioether (sulfide) groups is 1. The number of nitrogens with zero attached hydrogens (tertiary/aromatic N) is 3.